The second-order valence-corrected chi connectivity index (χ2v) is 16.9. The van der Waals surface area contributed by atoms with Crippen molar-refractivity contribution in [2.75, 3.05) is 39.6 Å². The Balaban J connectivity index is 1.86. The summed E-state index contributed by atoms with van der Waals surface area (Å²) in [5.41, 5.74) is 2.17. The Kier molecular flexibility index (Phi) is 26.8. The molecular weight excluding hydrogens is 753 g/mol. The zero-order chi connectivity index (χ0) is 43.2. The molecule has 0 heterocycles. The van der Waals surface area contributed by atoms with Gasteiger partial charge in [0.2, 0.25) is 0 Å². The number of benzene rings is 3. The molecule has 0 aliphatic carbocycles. The third kappa shape index (κ3) is 20.0. The van der Waals surface area contributed by atoms with Gasteiger partial charge < -0.3 is 28.4 Å². The normalized spacial score (nSPS) is 12.5. The summed E-state index contributed by atoms with van der Waals surface area (Å²) >= 11 is 0. The summed E-state index contributed by atoms with van der Waals surface area (Å²) < 4.78 is 37.8. The highest BCUT2D eigenvalue weighted by atomic mass is 16.6. The number of carbonyl (C=O) groups excluding carboxylic acids is 2. The van der Waals surface area contributed by atoms with Crippen LogP contribution < -0.4 is 9.47 Å². The molecule has 60 heavy (non-hydrogen) atoms. The van der Waals surface area contributed by atoms with E-state index in [9.17, 15) is 9.59 Å². The van der Waals surface area contributed by atoms with Gasteiger partial charge in [0.05, 0.1) is 13.2 Å². The molecule has 0 aliphatic heterocycles. The second-order valence-electron chi connectivity index (χ2n) is 16.9. The van der Waals surface area contributed by atoms with Gasteiger partial charge in [-0.15, -0.1) is 0 Å². The summed E-state index contributed by atoms with van der Waals surface area (Å²) in [5, 5.41) is 3.61. The number of hydrogen-bond donors (Lipinski definition) is 0. The molecule has 8 nitrogen and oxygen atoms in total. The average molecular weight is 835 g/mol. The van der Waals surface area contributed by atoms with Crippen LogP contribution in [0.3, 0.4) is 0 Å². The van der Waals surface area contributed by atoms with Crippen molar-refractivity contribution in [3.05, 3.63) is 47.5 Å². The maximum Gasteiger partial charge on any atom is 0.306 e. The van der Waals surface area contributed by atoms with Crippen LogP contribution in [0.5, 0.6) is 11.5 Å². The standard InChI is InChI=1S/C52H82O8/c1-7-11-15-19-23-27-49(53)59-43(37-55-33-25-21-17-13-9-3)39-57-51-45-31-29-42(6)36-48(45)52(46-32-30-41(5)35-47(46)51)58-40-44(38-56-34-26-22-18-14-10-4)60-50(54)28-24-20-16-12-8-2/h29-32,35-36,43-44H,7-28,33-34,37-40H2,1-6H3. The van der Waals surface area contributed by atoms with E-state index in [0.717, 1.165) is 96.9 Å². The van der Waals surface area contributed by atoms with Crippen LogP contribution in [-0.2, 0) is 28.5 Å². The number of unbranched alkanes of at least 4 members (excludes halogenated alkanes) is 16. The average Bonchev–Trinajstić information content (AvgIpc) is 3.23. The Morgan fingerprint density at radius 2 is 0.783 bits per heavy atom. The Morgan fingerprint density at radius 1 is 0.433 bits per heavy atom. The third-order valence-electron chi connectivity index (χ3n) is 11.1. The fraction of sp³-hybridized carbons (Fsp3) is 0.692. The summed E-state index contributed by atoms with van der Waals surface area (Å²) in [5.74, 6) is 1.02. The van der Waals surface area contributed by atoms with Crippen LogP contribution in [-0.4, -0.2) is 63.8 Å². The fourth-order valence-electron chi connectivity index (χ4n) is 7.55. The Morgan fingerprint density at radius 3 is 1.15 bits per heavy atom. The number of hydrogen-bond acceptors (Lipinski definition) is 8. The molecule has 338 valence electrons. The molecule has 3 aromatic carbocycles. The number of esters is 2. The van der Waals surface area contributed by atoms with Gasteiger partial charge in [-0.1, -0.05) is 166 Å². The van der Waals surface area contributed by atoms with Crippen LogP contribution in [0.2, 0.25) is 0 Å². The van der Waals surface area contributed by atoms with E-state index in [2.05, 4.69) is 77.9 Å². The lowest BCUT2D eigenvalue weighted by Gasteiger charge is -2.23. The van der Waals surface area contributed by atoms with Crippen LogP contribution in [0.25, 0.3) is 21.5 Å². The van der Waals surface area contributed by atoms with Crippen molar-refractivity contribution in [1.29, 1.82) is 0 Å². The number of carbonyl (C=O) groups is 2. The van der Waals surface area contributed by atoms with Crippen molar-refractivity contribution in [2.45, 2.75) is 195 Å². The predicted octanol–water partition coefficient (Wildman–Crippen LogP) is 13.9. The van der Waals surface area contributed by atoms with Crippen LogP contribution in [0.15, 0.2) is 36.4 Å². The minimum Gasteiger partial charge on any atom is -0.488 e. The van der Waals surface area contributed by atoms with E-state index in [1.54, 1.807) is 0 Å². The highest BCUT2D eigenvalue weighted by Gasteiger charge is 2.23. The first kappa shape index (κ1) is 51.0. The molecule has 0 saturated carbocycles. The van der Waals surface area contributed by atoms with Gasteiger partial charge in [-0.2, -0.15) is 0 Å². The Bertz CT molecular complexity index is 1500. The predicted molar refractivity (Wildman–Crippen MR) is 248 cm³/mol. The second kappa shape index (κ2) is 31.5. The topological polar surface area (TPSA) is 89.5 Å². The molecule has 0 aromatic heterocycles. The fourth-order valence-corrected chi connectivity index (χ4v) is 7.55. The molecule has 3 rings (SSSR count). The van der Waals surface area contributed by atoms with Gasteiger partial charge in [0.15, 0.2) is 12.2 Å². The molecule has 0 fully saturated rings. The lowest BCUT2D eigenvalue weighted by molar-refractivity contribution is -0.155. The molecule has 0 aliphatic rings. The first-order valence-corrected chi connectivity index (χ1v) is 24.1. The maximum atomic E-state index is 13.1. The van der Waals surface area contributed by atoms with Crippen molar-refractivity contribution < 1.29 is 38.0 Å². The number of fused-ring (bicyclic) bond motifs is 2. The SMILES string of the molecule is CCCCCCCOCC(COc1c2ccc(C)cc2c(OCC(COCCCCCCC)OC(=O)CCCCCCC)c2ccc(C)cc12)OC(=O)CCCCCCC. The monoisotopic (exact) mass is 835 g/mol. The lowest BCUT2D eigenvalue weighted by Crippen LogP contribution is -2.30. The van der Waals surface area contributed by atoms with E-state index in [0.29, 0.717) is 37.6 Å². The summed E-state index contributed by atoms with van der Waals surface area (Å²) in [6.45, 7) is 15.1. The van der Waals surface area contributed by atoms with Gasteiger partial charge in [-0.05, 0) is 51.7 Å². The zero-order valence-electron chi connectivity index (χ0n) is 38.7. The molecular formula is C52H82O8. The molecule has 0 bridgehead atoms. The Hall–Kier alpha value is -3.36. The molecule has 2 unspecified atom stereocenters. The smallest absolute Gasteiger partial charge is 0.306 e. The van der Waals surface area contributed by atoms with E-state index >= 15 is 0 Å². The summed E-state index contributed by atoms with van der Waals surface area (Å²) in [4.78, 5) is 26.2. The van der Waals surface area contributed by atoms with Crippen LogP contribution >= 0.6 is 0 Å². The van der Waals surface area contributed by atoms with E-state index < -0.39 is 12.2 Å². The lowest BCUT2D eigenvalue weighted by atomic mass is 9.97. The molecule has 2 atom stereocenters. The van der Waals surface area contributed by atoms with Gasteiger partial charge in [0.1, 0.15) is 24.7 Å². The van der Waals surface area contributed by atoms with Gasteiger partial charge in [0, 0.05) is 47.6 Å². The van der Waals surface area contributed by atoms with Crippen LogP contribution in [0.4, 0.5) is 0 Å². The van der Waals surface area contributed by atoms with Crippen molar-refractivity contribution in [3.8, 4) is 11.5 Å². The molecule has 3 aromatic rings. The highest BCUT2D eigenvalue weighted by Crippen LogP contribution is 2.44. The maximum absolute atomic E-state index is 13.1. The van der Waals surface area contributed by atoms with Crippen molar-refractivity contribution in [3.63, 3.8) is 0 Å². The van der Waals surface area contributed by atoms with Gasteiger partial charge in [-0.25, -0.2) is 0 Å². The third-order valence-corrected chi connectivity index (χ3v) is 11.1. The van der Waals surface area contributed by atoms with E-state index in [-0.39, 0.29) is 38.4 Å². The first-order chi connectivity index (χ1) is 29.3. The highest BCUT2D eigenvalue weighted by molar-refractivity contribution is 6.11. The summed E-state index contributed by atoms with van der Waals surface area (Å²) in [6, 6.07) is 12.6. The quantitative estimate of drug-likeness (QED) is 0.0325. The molecule has 0 N–H and O–H groups in total. The van der Waals surface area contributed by atoms with Crippen LogP contribution in [0, 0.1) is 13.8 Å². The molecule has 0 amide bonds. The van der Waals surface area contributed by atoms with Crippen molar-refractivity contribution >= 4 is 33.5 Å². The van der Waals surface area contributed by atoms with Gasteiger partial charge in [-0.3, -0.25) is 9.59 Å². The largest absolute Gasteiger partial charge is 0.488 e. The molecule has 0 saturated heterocycles. The minimum atomic E-state index is -0.547. The molecule has 8 heteroatoms. The van der Waals surface area contributed by atoms with Gasteiger partial charge >= 0.3 is 11.9 Å². The number of aryl methyl sites for hydroxylation is 2. The molecule has 0 radical (unpaired) electrons. The van der Waals surface area contributed by atoms with Crippen LogP contribution in [0.1, 0.15) is 180 Å². The summed E-state index contributed by atoms with van der Waals surface area (Å²) in [6.07, 6.45) is 21.9. The number of rotatable bonds is 36. The van der Waals surface area contributed by atoms with Crippen molar-refractivity contribution in [2.24, 2.45) is 0 Å². The van der Waals surface area contributed by atoms with E-state index in [1.807, 2.05) is 0 Å². The first-order valence-electron chi connectivity index (χ1n) is 24.1. The zero-order valence-corrected chi connectivity index (χ0v) is 38.7. The van der Waals surface area contributed by atoms with Gasteiger partial charge in [0.25, 0.3) is 0 Å². The van der Waals surface area contributed by atoms with E-state index in [1.165, 1.54) is 64.2 Å². The molecule has 0 spiro atoms. The summed E-state index contributed by atoms with van der Waals surface area (Å²) in [7, 11) is 0. The number of ether oxygens (including phenoxy) is 6. The Labute approximate surface area is 364 Å². The minimum absolute atomic E-state index is 0.163. The van der Waals surface area contributed by atoms with Crippen molar-refractivity contribution in [1.82, 2.24) is 0 Å². The van der Waals surface area contributed by atoms with E-state index in [4.69, 9.17) is 28.4 Å².